The molecular weight excluding hydrogens is 228 g/mol. The summed E-state index contributed by atoms with van der Waals surface area (Å²) >= 11 is 5.77. The lowest BCUT2D eigenvalue weighted by atomic mass is 10.2. The van der Waals surface area contributed by atoms with Gasteiger partial charge in [-0.15, -0.1) is 0 Å². The maximum absolute atomic E-state index is 11.5. The average Bonchev–Trinajstić information content (AvgIpc) is 3.11. The lowest BCUT2D eigenvalue weighted by molar-refractivity contribution is -0.149. The SMILES string of the molecule is COC(=O)C(Oc1ccc(Cl)cc1)C1CC1. The van der Waals surface area contributed by atoms with Gasteiger partial charge in [-0.05, 0) is 37.1 Å². The molecule has 1 saturated carbocycles. The Morgan fingerprint density at radius 1 is 1.38 bits per heavy atom. The highest BCUT2D eigenvalue weighted by atomic mass is 35.5. The van der Waals surface area contributed by atoms with Crippen molar-refractivity contribution in [2.75, 3.05) is 7.11 Å². The van der Waals surface area contributed by atoms with Gasteiger partial charge in [0.25, 0.3) is 0 Å². The van der Waals surface area contributed by atoms with Crippen molar-refractivity contribution in [3.05, 3.63) is 29.3 Å². The first-order valence-corrected chi connectivity index (χ1v) is 5.58. The van der Waals surface area contributed by atoms with Crippen LogP contribution in [0.2, 0.25) is 5.02 Å². The second kappa shape index (κ2) is 4.74. The molecule has 1 aromatic carbocycles. The van der Waals surface area contributed by atoms with Gasteiger partial charge in [0.05, 0.1) is 7.11 Å². The van der Waals surface area contributed by atoms with Crippen molar-refractivity contribution in [1.29, 1.82) is 0 Å². The highest BCUT2D eigenvalue weighted by Crippen LogP contribution is 2.35. The summed E-state index contributed by atoms with van der Waals surface area (Å²) in [4.78, 5) is 11.5. The van der Waals surface area contributed by atoms with Crippen LogP contribution in [0.5, 0.6) is 5.75 Å². The number of ether oxygens (including phenoxy) is 2. The number of halogens is 1. The molecule has 1 aliphatic carbocycles. The molecule has 0 saturated heterocycles. The number of carbonyl (C=O) groups excluding carboxylic acids is 1. The Bertz CT molecular complexity index is 370. The lowest BCUT2D eigenvalue weighted by Crippen LogP contribution is -2.30. The molecule has 1 fully saturated rings. The van der Waals surface area contributed by atoms with Gasteiger partial charge in [0.15, 0.2) is 6.10 Å². The van der Waals surface area contributed by atoms with Gasteiger partial charge >= 0.3 is 5.97 Å². The Morgan fingerprint density at radius 2 is 2.00 bits per heavy atom. The normalized spacial score (nSPS) is 16.6. The number of benzene rings is 1. The molecule has 0 spiro atoms. The summed E-state index contributed by atoms with van der Waals surface area (Å²) in [6.07, 6.45) is 1.56. The van der Waals surface area contributed by atoms with Crippen LogP contribution in [0.25, 0.3) is 0 Å². The van der Waals surface area contributed by atoms with E-state index in [-0.39, 0.29) is 5.97 Å². The molecule has 0 aliphatic heterocycles. The maximum Gasteiger partial charge on any atom is 0.347 e. The van der Waals surface area contributed by atoms with Crippen molar-refractivity contribution in [3.8, 4) is 5.75 Å². The topological polar surface area (TPSA) is 35.5 Å². The monoisotopic (exact) mass is 240 g/mol. The first-order valence-electron chi connectivity index (χ1n) is 5.21. The van der Waals surface area contributed by atoms with Gasteiger partial charge in [-0.2, -0.15) is 0 Å². The molecule has 0 N–H and O–H groups in total. The zero-order valence-corrected chi connectivity index (χ0v) is 9.74. The van der Waals surface area contributed by atoms with E-state index in [1.54, 1.807) is 24.3 Å². The zero-order valence-electron chi connectivity index (χ0n) is 8.98. The number of esters is 1. The molecule has 0 heterocycles. The van der Waals surface area contributed by atoms with Crippen LogP contribution in [-0.2, 0) is 9.53 Å². The van der Waals surface area contributed by atoms with Gasteiger partial charge < -0.3 is 9.47 Å². The molecule has 1 aliphatic rings. The number of rotatable bonds is 4. The lowest BCUT2D eigenvalue weighted by Gasteiger charge is -2.16. The van der Waals surface area contributed by atoms with Gasteiger partial charge in [-0.25, -0.2) is 4.79 Å². The molecule has 0 radical (unpaired) electrons. The van der Waals surface area contributed by atoms with E-state index in [9.17, 15) is 4.79 Å². The molecule has 1 atom stereocenters. The summed E-state index contributed by atoms with van der Waals surface area (Å²) in [5.41, 5.74) is 0. The van der Waals surface area contributed by atoms with Gasteiger partial charge in [0.2, 0.25) is 0 Å². The van der Waals surface area contributed by atoms with Crippen molar-refractivity contribution in [1.82, 2.24) is 0 Å². The molecule has 2 rings (SSSR count). The van der Waals surface area contributed by atoms with Crippen LogP contribution in [0.3, 0.4) is 0 Å². The Balaban J connectivity index is 2.05. The smallest absolute Gasteiger partial charge is 0.347 e. The van der Waals surface area contributed by atoms with Crippen LogP contribution in [-0.4, -0.2) is 19.2 Å². The van der Waals surface area contributed by atoms with E-state index >= 15 is 0 Å². The summed E-state index contributed by atoms with van der Waals surface area (Å²) in [5.74, 6) is 0.632. The van der Waals surface area contributed by atoms with Crippen LogP contribution in [0.4, 0.5) is 0 Å². The number of hydrogen-bond donors (Lipinski definition) is 0. The van der Waals surface area contributed by atoms with E-state index in [0.717, 1.165) is 12.8 Å². The fraction of sp³-hybridized carbons (Fsp3) is 0.417. The van der Waals surface area contributed by atoms with Crippen LogP contribution in [0.1, 0.15) is 12.8 Å². The minimum atomic E-state index is -0.480. The highest BCUT2D eigenvalue weighted by molar-refractivity contribution is 6.30. The number of methoxy groups -OCH3 is 1. The van der Waals surface area contributed by atoms with Crippen molar-refractivity contribution >= 4 is 17.6 Å². The van der Waals surface area contributed by atoms with E-state index in [2.05, 4.69) is 0 Å². The molecule has 3 nitrogen and oxygen atoms in total. The van der Waals surface area contributed by atoms with Crippen molar-refractivity contribution in [2.45, 2.75) is 18.9 Å². The molecule has 0 amide bonds. The summed E-state index contributed by atoms with van der Waals surface area (Å²) in [6, 6.07) is 6.97. The van der Waals surface area contributed by atoms with Crippen molar-refractivity contribution in [2.24, 2.45) is 5.92 Å². The third-order valence-electron chi connectivity index (χ3n) is 2.56. The zero-order chi connectivity index (χ0) is 11.5. The Labute approximate surface area is 99.3 Å². The fourth-order valence-electron chi connectivity index (χ4n) is 1.51. The van der Waals surface area contributed by atoms with Crippen LogP contribution in [0.15, 0.2) is 24.3 Å². The van der Waals surface area contributed by atoms with Crippen LogP contribution >= 0.6 is 11.6 Å². The van der Waals surface area contributed by atoms with Crippen LogP contribution in [0, 0.1) is 5.92 Å². The van der Waals surface area contributed by atoms with Gasteiger partial charge in [-0.1, -0.05) is 11.6 Å². The third kappa shape index (κ3) is 2.67. The minimum absolute atomic E-state index is 0.295. The maximum atomic E-state index is 11.5. The van der Waals surface area contributed by atoms with E-state index in [0.29, 0.717) is 16.7 Å². The molecule has 4 heteroatoms. The minimum Gasteiger partial charge on any atom is -0.478 e. The summed E-state index contributed by atoms with van der Waals surface area (Å²) < 4.78 is 10.3. The molecule has 0 aromatic heterocycles. The summed E-state index contributed by atoms with van der Waals surface area (Å²) in [5, 5.41) is 0.647. The van der Waals surface area contributed by atoms with E-state index in [1.165, 1.54) is 7.11 Å². The van der Waals surface area contributed by atoms with E-state index < -0.39 is 6.10 Å². The number of carbonyl (C=O) groups is 1. The molecule has 16 heavy (non-hydrogen) atoms. The first kappa shape index (κ1) is 11.3. The third-order valence-corrected chi connectivity index (χ3v) is 2.81. The average molecular weight is 241 g/mol. The predicted molar refractivity (Wildman–Crippen MR) is 60.6 cm³/mol. The van der Waals surface area contributed by atoms with Gasteiger partial charge in [0, 0.05) is 10.9 Å². The Morgan fingerprint density at radius 3 is 2.50 bits per heavy atom. The molecule has 1 aromatic rings. The summed E-state index contributed by atoms with van der Waals surface area (Å²) in [7, 11) is 1.38. The van der Waals surface area contributed by atoms with Crippen molar-refractivity contribution in [3.63, 3.8) is 0 Å². The van der Waals surface area contributed by atoms with E-state index in [4.69, 9.17) is 21.1 Å². The Hall–Kier alpha value is -1.22. The van der Waals surface area contributed by atoms with Crippen molar-refractivity contribution < 1.29 is 14.3 Å². The number of hydrogen-bond acceptors (Lipinski definition) is 3. The van der Waals surface area contributed by atoms with Gasteiger partial charge in [-0.3, -0.25) is 0 Å². The summed E-state index contributed by atoms with van der Waals surface area (Å²) in [6.45, 7) is 0. The molecular formula is C12H13ClO3. The fourth-order valence-corrected chi connectivity index (χ4v) is 1.64. The highest BCUT2D eigenvalue weighted by Gasteiger charge is 2.38. The standard InChI is InChI=1S/C12H13ClO3/c1-15-12(14)11(8-2-3-8)16-10-6-4-9(13)5-7-10/h4-8,11H,2-3H2,1H3. The quantitative estimate of drug-likeness (QED) is 0.759. The molecule has 1 unspecified atom stereocenters. The molecule has 86 valence electrons. The predicted octanol–water partition coefficient (Wildman–Crippen LogP) is 2.67. The van der Waals surface area contributed by atoms with Crippen LogP contribution < -0.4 is 4.74 Å². The Kier molecular flexibility index (Phi) is 3.34. The van der Waals surface area contributed by atoms with Gasteiger partial charge in [0.1, 0.15) is 5.75 Å². The second-order valence-corrected chi connectivity index (χ2v) is 4.29. The largest absolute Gasteiger partial charge is 0.478 e. The first-order chi connectivity index (χ1) is 7.70. The second-order valence-electron chi connectivity index (χ2n) is 3.85. The van der Waals surface area contributed by atoms with E-state index in [1.807, 2.05) is 0 Å². The molecule has 0 bridgehead atoms.